The summed E-state index contributed by atoms with van der Waals surface area (Å²) < 4.78 is 19.0. The second-order valence-electron chi connectivity index (χ2n) is 5.48. The van der Waals surface area contributed by atoms with E-state index in [4.69, 9.17) is 10.3 Å². The summed E-state index contributed by atoms with van der Waals surface area (Å²) in [7, 11) is 3.96. The molecule has 1 atom stereocenters. The van der Waals surface area contributed by atoms with Gasteiger partial charge in [0.1, 0.15) is 17.2 Å². The lowest BCUT2D eigenvalue weighted by molar-refractivity contribution is 0.126. The van der Waals surface area contributed by atoms with E-state index in [0.29, 0.717) is 11.3 Å². The average Bonchev–Trinajstić information content (AvgIpc) is 2.71. The molecule has 2 aromatic rings. The highest BCUT2D eigenvalue weighted by molar-refractivity contribution is 5.78. The van der Waals surface area contributed by atoms with Crippen LogP contribution in [0.2, 0.25) is 0 Å². The van der Waals surface area contributed by atoms with Crippen LogP contribution < -0.4 is 11.3 Å². The van der Waals surface area contributed by atoms with Gasteiger partial charge in [-0.25, -0.2) is 9.82 Å². The zero-order valence-corrected chi connectivity index (χ0v) is 11.7. The predicted molar refractivity (Wildman–Crippen MR) is 74.0 cm³/mol. The van der Waals surface area contributed by atoms with Crippen molar-refractivity contribution >= 4 is 11.0 Å². The SMILES string of the molecule is CN(C)C(C)(C)C(NN)c1cc2cc(F)ccc2o1. The second-order valence-corrected chi connectivity index (χ2v) is 5.48. The van der Waals surface area contributed by atoms with E-state index >= 15 is 0 Å². The van der Waals surface area contributed by atoms with Crippen LogP contribution in [0.1, 0.15) is 25.6 Å². The van der Waals surface area contributed by atoms with E-state index in [1.54, 1.807) is 6.07 Å². The van der Waals surface area contributed by atoms with Crippen molar-refractivity contribution < 1.29 is 8.81 Å². The summed E-state index contributed by atoms with van der Waals surface area (Å²) in [5.41, 5.74) is 3.20. The Morgan fingerprint density at radius 3 is 2.58 bits per heavy atom. The normalized spacial score (nSPS) is 14.3. The third-order valence-corrected chi connectivity index (χ3v) is 3.81. The highest BCUT2D eigenvalue weighted by Gasteiger charge is 2.34. The summed E-state index contributed by atoms with van der Waals surface area (Å²) in [4.78, 5) is 2.06. The molecule has 2 rings (SSSR count). The number of hydrogen-bond acceptors (Lipinski definition) is 4. The molecule has 1 heterocycles. The van der Waals surface area contributed by atoms with Gasteiger partial charge in [0, 0.05) is 10.9 Å². The molecular formula is C14H20FN3O. The van der Waals surface area contributed by atoms with Gasteiger partial charge in [0.2, 0.25) is 0 Å². The van der Waals surface area contributed by atoms with Crippen LogP contribution in [0, 0.1) is 5.82 Å². The molecular weight excluding hydrogens is 245 g/mol. The molecule has 0 aliphatic carbocycles. The van der Waals surface area contributed by atoms with Gasteiger partial charge in [-0.2, -0.15) is 0 Å². The number of fused-ring (bicyclic) bond motifs is 1. The van der Waals surface area contributed by atoms with Gasteiger partial charge < -0.3 is 9.32 Å². The molecule has 0 saturated carbocycles. The summed E-state index contributed by atoms with van der Waals surface area (Å²) in [6.45, 7) is 4.12. The second kappa shape index (κ2) is 4.92. The third kappa shape index (κ3) is 2.49. The molecule has 0 fully saturated rings. The number of hydrazine groups is 1. The van der Waals surface area contributed by atoms with Gasteiger partial charge >= 0.3 is 0 Å². The van der Waals surface area contributed by atoms with Gasteiger partial charge in [-0.15, -0.1) is 0 Å². The molecule has 1 aromatic carbocycles. The first-order valence-corrected chi connectivity index (χ1v) is 6.19. The maximum absolute atomic E-state index is 13.2. The van der Waals surface area contributed by atoms with E-state index in [0.717, 1.165) is 5.39 Å². The molecule has 19 heavy (non-hydrogen) atoms. The van der Waals surface area contributed by atoms with Crippen molar-refractivity contribution in [2.75, 3.05) is 14.1 Å². The van der Waals surface area contributed by atoms with E-state index in [2.05, 4.69) is 24.2 Å². The molecule has 5 heteroatoms. The van der Waals surface area contributed by atoms with Crippen LogP contribution >= 0.6 is 0 Å². The molecule has 3 N–H and O–H groups in total. The summed E-state index contributed by atoms with van der Waals surface area (Å²) in [6.07, 6.45) is 0. The van der Waals surface area contributed by atoms with E-state index in [1.807, 2.05) is 20.2 Å². The highest BCUT2D eigenvalue weighted by atomic mass is 19.1. The first kappa shape index (κ1) is 14.0. The van der Waals surface area contributed by atoms with Crippen LogP contribution in [0.4, 0.5) is 4.39 Å². The molecule has 0 saturated heterocycles. The Kier molecular flexibility index (Phi) is 3.62. The number of halogens is 1. The lowest BCUT2D eigenvalue weighted by atomic mass is 9.91. The van der Waals surface area contributed by atoms with E-state index in [1.165, 1.54) is 12.1 Å². The Bertz CT molecular complexity index is 577. The van der Waals surface area contributed by atoms with E-state index in [-0.39, 0.29) is 17.4 Å². The van der Waals surface area contributed by atoms with Crippen molar-refractivity contribution in [2.45, 2.75) is 25.4 Å². The molecule has 1 aromatic heterocycles. The van der Waals surface area contributed by atoms with Crippen LogP contribution in [0.25, 0.3) is 11.0 Å². The van der Waals surface area contributed by atoms with Crippen molar-refractivity contribution in [3.8, 4) is 0 Å². The van der Waals surface area contributed by atoms with Crippen molar-refractivity contribution in [3.63, 3.8) is 0 Å². The van der Waals surface area contributed by atoms with Crippen LogP contribution in [0.15, 0.2) is 28.7 Å². The number of likely N-dealkylation sites (N-methyl/N-ethyl adjacent to an activating group) is 1. The number of rotatable bonds is 4. The lowest BCUT2D eigenvalue weighted by Crippen LogP contribution is -2.51. The van der Waals surface area contributed by atoms with Gasteiger partial charge in [0.15, 0.2) is 0 Å². The van der Waals surface area contributed by atoms with Crippen LogP contribution in [0.3, 0.4) is 0 Å². The first-order chi connectivity index (χ1) is 8.86. The minimum absolute atomic E-state index is 0.196. The molecule has 0 aliphatic heterocycles. The van der Waals surface area contributed by atoms with Gasteiger partial charge in [-0.05, 0) is 52.2 Å². The zero-order chi connectivity index (χ0) is 14.2. The molecule has 104 valence electrons. The van der Waals surface area contributed by atoms with E-state index in [9.17, 15) is 4.39 Å². The number of hydrogen-bond donors (Lipinski definition) is 2. The molecule has 0 radical (unpaired) electrons. The average molecular weight is 265 g/mol. The molecule has 1 unspecified atom stereocenters. The zero-order valence-electron chi connectivity index (χ0n) is 11.7. The molecule has 0 aliphatic rings. The molecule has 0 spiro atoms. The summed E-state index contributed by atoms with van der Waals surface area (Å²) in [5.74, 6) is 6.09. The largest absolute Gasteiger partial charge is 0.459 e. The van der Waals surface area contributed by atoms with Crippen molar-refractivity contribution in [2.24, 2.45) is 5.84 Å². The third-order valence-electron chi connectivity index (χ3n) is 3.81. The smallest absolute Gasteiger partial charge is 0.134 e. The number of benzene rings is 1. The minimum atomic E-state index is -0.274. The van der Waals surface area contributed by atoms with Crippen molar-refractivity contribution in [3.05, 3.63) is 35.8 Å². The minimum Gasteiger partial charge on any atom is -0.459 e. The summed E-state index contributed by atoms with van der Waals surface area (Å²) in [6, 6.07) is 6.10. The Balaban J connectivity index is 2.46. The molecule has 4 nitrogen and oxygen atoms in total. The number of furan rings is 1. The van der Waals surface area contributed by atoms with Crippen LogP contribution in [-0.4, -0.2) is 24.5 Å². The fourth-order valence-corrected chi connectivity index (χ4v) is 2.07. The maximum Gasteiger partial charge on any atom is 0.134 e. The van der Waals surface area contributed by atoms with Crippen LogP contribution in [-0.2, 0) is 0 Å². The topological polar surface area (TPSA) is 54.4 Å². The van der Waals surface area contributed by atoms with Crippen molar-refractivity contribution in [1.29, 1.82) is 0 Å². The summed E-state index contributed by atoms with van der Waals surface area (Å²) in [5, 5.41) is 0.741. The number of nitrogens with zero attached hydrogens (tertiary/aromatic N) is 1. The van der Waals surface area contributed by atoms with Gasteiger partial charge in [0.25, 0.3) is 0 Å². The summed E-state index contributed by atoms with van der Waals surface area (Å²) >= 11 is 0. The first-order valence-electron chi connectivity index (χ1n) is 6.19. The Morgan fingerprint density at radius 1 is 1.32 bits per heavy atom. The molecule has 0 amide bonds. The standard InChI is InChI=1S/C14H20FN3O/c1-14(2,18(3)4)13(17-16)12-8-9-7-10(15)5-6-11(9)19-12/h5-8,13,17H,16H2,1-4H3. The quantitative estimate of drug-likeness (QED) is 0.658. The Hall–Kier alpha value is -1.43. The van der Waals surface area contributed by atoms with Gasteiger partial charge in [-0.3, -0.25) is 5.84 Å². The highest BCUT2D eigenvalue weighted by Crippen LogP contribution is 2.32. The Morgan fingerprint density at radius 2 is 2.00 bits per heavy atom. The van der Waals surface area contributed by atoms with Gasteiger partial charge in [-0.1, -0.05) is 0 Å². The molecule has 0 bridgehead atoms. The Labute approximate surface area is 112 Å². The van der Waals surface area contributed by atoms with E-state index < -0.39 is 0 Å². The predicted octanol–water partition coefficient (Wildman–Crippen LogP) is 2.42. The lowest BCUT2D eigenvalue weighted by Gasteiger charge is -2.38. The monoisotopic (exact) mass is 265 g/mol. The van der Waals surface area contributed by atoms with Gasteiger partial charge in [0.05, 0.1) is 6.04 Å². The van der Waals surface area contributed by atoms with Crippen LogP contribution in [0.5, 0.6) is 0 Å². The number of nitrogens with two attached hydrogens (primary N) is 1. The maximum atomic E-state index is 13.2. The van der Waals surface area contributed by atoms with Crippen molar-refractivity contribution in [1.82, 2.24) is 10.3 Å². The number of nitrogens with one attached hydrogen (secondary N) is 1. The fourth-order valence-electron chi connectivity index (χ4n) is 2.07. The fraction of sp³-hybridized carbons (Fsp3) is 0.429.